The highest BCUT2D eigenvalue weighted by atomic mass is 16.5. The van der Waals surface area contributed by atoms with Gasteiger partial charge in [-0.2, -0.15) is 0 Å². The van der Waals surface area contributed by atoms with Gasteiger partial charge in [-0.05, 0) is 25.0 Å². The van der Waals surface area contributed by atoms with Gasteiger partial charge in [-0.15, -0.1) is 0 Å². The van der Waals surface area contributed by atoms with Gasteiger partial charge < -0.3 is 15.6 Å². The zero-order valence-electron chi connectivity index (χ0n) is 9.70. The maximum atomic E-state index is 9.43. The molecular weight excluding hydrogens is 202 g/mol. The summed E-state index contributed by atoms with van der Waals surface area (Å²) in [6.07, 6.45) is 5.59. The van der Waals surface area contributed by atoms with E-state index in [1.54, 1.807) is 19.2 Å². The van der Waals surface area contributed by atoms with Crippen LogP contribution in [0.3, 0.4) is 0 Å². The Morgan fingerprint density at radius 1 is 1.25 bits per heavy atom. The third-order valence-electron chi connectivity index (χ3n) is 3.47. The van der Waals surface area contributed by atoms with E-state index in [1.165, 1.54) is 19.3 Å². The average molecular weight is 221 g/mol. The molecule has 0 radical (unpaired) electrons. The van der Waals surface area contributed by atoms with Crippen LogP contribution in [0, 0.1) is 0 Å². The first-order chi connectivity index (χ1) is 7.65. The maximum Gasteiger partial charge on any atom is 0.127 e. The van der Waals surface area contributed by atoms with Crippen molar-refractivity contribution in [3.63, 3.8) is 0 Å². The van der Waals surface area contributed by atoms with Crippen molar-refractivity contribution in [3.05, 3.63) is 23.8 Å². The third-order valence-corrected chi connectivity index (χ3v) is 3.47. The Morgan fingerprint density at radius 3 is 2.56 bits per heavy atom. The zero-order chi connectivity index (χ0) is 11.6. The highest BCUT2D eigenvalue weighted by Crippen LogP contribution is 2.40. The lowest BCUT2D eigenvalue weighted by atomic mass is 9.77. The molecule has 0 unspecified atom stereocenters. The molecule has 0 saturated heterocycles. The molecule has 3 nitrogen and oxygen atoms in total. The average Bonchev–Trinajstić information content (AvgIpc) is 2.29. The lowest BCUT2D eigenvalue weighted by Gasteiger charge is -2.34. The van der Waals surface area contributed by atoms with Gasteiger partial charge in [-0.25, -0.2) is 0 Å². The third kappa shape index (κ3) is 2.00. The second-order valence-corrected chi connectivity index (χ2v) is 4.60. The zero-order valence-corrected chi connectivity index (χ0v) is 9.70. The molecule has 1 aromatic rings. The number of ether oxygens (including phenoxy) is 1. The molecule has 0 aromatic heterocycles. The molecule has 1 aliphatic rings. The van der Waals surface area contributed by atoms with Crippen LogP contribution < -0.4 is 10.5 Å². The molecule has 0 heterocycles. The van der Waals surface area contributed by atoms with E-state index in [1.807, 2.05) is 6.07 Å². The summed E-state index contributed by atoms with van der Waals surface area (Å²) in [4.78, 5) is 0. The Bertz CT molecular complexity index is 370. The summed E-state index contributed by atoms with van der Waals surface area (Å²) < 4.78 is 5.30. The van der Waals surface area contributed by atoms with E-state index in [2.05, 4.69) is 0 Å². The summed E-state index contributed by atoms with van der Waals surface area (Å²) in [5.74, 6) is 0.921. The van der Waals surface area contributed by atoms with Crippen molar-refractivity contribution in [2.45, 2.75) is 37.6 Å². The fourth-order valence-corrected chi connectivity index (χ4v) is 2.54. The normalized spacial score (nSPS) is 19.4. The number of hydrogen-bond donors (Lipinski definition) is 2. The van der Waals surface area contributed by atoms with Crippen LogP contribution in [0.2, 0.25) is 0 Å². The minimum Gasteiger partial charge on any atom is -0.508 e. The molecule has 0 bridgehead atoms. The van der Waals surface area contributed by atoms with Crippen LogP contribution in [0.4, 0.5) is 0 Å². The molecular formula is C13H19NO2. The molecule has 3 N–H and O–H groups in total. The number of nitrogens with two attached hydrogens (primary N) is 1. The van der Waals surface area contributed by atoms with Crippen molar-refractivity contribution >= 4 is 0 Å². The van der Waals surface area contributed by atoms with E-state index < -0.39 is 0 Å². The Balaban J connectivity index is 2.37. The van der Waals surface area contributed by atoms with Crippen LogP contribution in [-0.2, 0) is 5.54 Å². The van der Waals surface area contributed by atoms with Gasteiger partial charge in [-0.3, -0.25) is 0 Å². The molecule has 0 amide bonds. The summed E-state index contributed by atoms with van der Waals surface area (Å²) in [7, 11) is 1.62. The second-order valence-electron chi connectivity index (χ2n) is 4.60. The molecule has 0 atom stereocenters. The molecule has 1 aromatic carbocycles. The summed E-state index contributed by atoms with van der Waals surface area (Å²) >= 11 is 0. The van der Waals surface area contributed by atoms with Gasteiger partial charge in [0, 0.05) is 17.2 Å². The summed E-state index contributed by atoms with van der Waals surface area (Å²) in [5, 5.41) is 9.43. The smallest absolute Gasteiger partial charge is 0.127 e. The van der Waals surface area contributed by atoms with Crippen LogP contribution in [-0.4, -0.2) is 12.2 Å². The summed E-state index contributed by atoms with van der Waals surface area (Å²) in [6, 6.07) is 5.21. The lowest BCUT2D eigenvalue weighted by Crippen LogP contribution is -2.38. The number of aromatic hydroxyl groups is 1. The number of hydrogen-bond acceptors (Lipinski definition) is 3. The lowest BCUT2D eigenvalue weighted by molar-refractivity contribution is 0.288. The quantitative estimate of drug-likeness (QED) is 0.806. The fourth-order valence-electron chi connectivity index (χ4n) is 2.54. The number of phenols is 1. The Kier molecular flexibility index (Phi) is 3.06. The van der Waals surface area contributed by atoms with Gasteiger partial charge in [0.1, 0.15) is 11.5 Å². The van der Waals surface area contributed by atoms with Crippen molar-refractivity contribution in [1.82, 2.24) is 0 Å². The largest absolute Gasteiger partial charge is 0.508 e. The van der Waals surface area contributed by atoms with Gasteiger partial charge in [0.15, 0.2) is 0 Å². The monoisotopic (exact) mass is 221 g/mol. The SMILES string of the molecule is COc1cc(O)ccc1C1(N)CCCCC1. The summed E-state index contributed by atoms with van der Waals surface area (Å²) in [6.45, 7) is 0. The molecule has 16 heavy (non-hydrogen) atoms. The fraction of sp³-hybridized carbons (Fsp3) is 0.538. The van der Waals surface area contributed by atoms with Crippen LogP contribution in [0.1, 0.15) is 37.7 Å². The van der Waals surface area contributed by atoms with Crippen molar-refractivity contribution < 1.29 is 9.84 Å². The molecule has 3 heteroatoms. The number of methoxy groups -OCH3 is 1. The van der Waals surface area contributed by atoms with Crippen LogP contribution in [0.5, 0.6) is 11.5 Å². The molecule has 1 aliphatic carbocycles. The second kappa shape index (κ2) is 4.34. The summed E-state index contributed by atoms with van der Waals surface area (Å²) in [5.41, 5.74) is 7.19. The molecule has 0 spiro atoms. The minimum absolute atomic E-state index is 0.222. The van der Waals surface area contributed by atoms with E-state index in [0.717, 1.165) is 18.4 Å². The van der Waals surface area contributed by atoms with E-state index in [9.17, 15) is 5.11 Å². The highest BCUT2D eigenvalue weighted by Gasteiger charge is 2.32. The first-order valence-corrected chi connectivity index (χ1v) is 5.82. The van der Waals surface area contributed by atoms with E-state index in [-0.39, 0.29) is 11.3 Å². The topological polar surface area (TPSA) is 55.5 Å². The van der Waals surface area contributed by atoms with Gasteiger partial charge >= 0.3 is 0 Å². The number of phenolic OH excluding ortho intramolecular Hbond substituents is 1. The van der Waals surface area contributed by atoms with Crippen molar-refractivity contribution in [1.29, 1.82) is 0 Å². The molecule has 1 fully saturated rings. The van der Waals surface area contributed by atoms with Gasteiger partial charge in [0.25, 0.3) is 0 Å². The first kappa shape index (κ1) is 11.3. The van der Waals surface area contributed by atoms with Crippen molar-refractivity contribution in [2.24, 2.45) is 5.73 Å². The Morgan fingerprint density at radius 2 is 1.94 bits per heavy atom. The van der Waals surface area contributed by atoms with E-state index >= 15 is 0 Å². The van der Waals surface area contributed by atoms with Crippen LogP contribution in [0.15, 0.2) is 18.2 Å². The first-order valence-electron chi connectivity index (χ1n) is 5.82. The van der Waals surface area contributed by atoms with Crippen molar-refractivity contribution in [3.8, 4) is 11.5 Å². The van der Waals surface area contributed by atoms with Crippen molar-refractivity contribution in [2.75, 3.05) is 7.11 Å². The maximum absolute atomic E-state index is 9.43. The van der Waals surface area contributed by atoms with Gasteiger partial charge in [-0.1, -0.05) is 19.3 Å². The molecule has 1 saturated carbocycles. The highest BCUT2D eigenvalue weighted by molar-refractivity contribution is 5.44. The standard InChI is InChI=1S/C13H19NO2/c1-16-12-9-10(15)5-6-11(12)13(14)7-3-2-4-8-13/h5-6,9,15H,2-4,7-8,14H2,1H3. The molecule has 0 aliphatic heterocycles. The predicted molar refractivity (Wildman–Crippen MR) is 63.6 cm³/mol. The Labute approximate surface area is 96.2 Å². The van der Waals surface area contributed by atoms with Gasteiger partial charge in [0.05, 0.1) is 7.11 Å². The van der Waals surface area contributed by atoms with E-state index in [0.29, 0.717) is 5.75 Å². The van der Waals surface area contributed by atoms with Crippen LogP contribution in [0.25, 0.3) is 0 Å². The minimum atomic E-state index is -0.280. The molecule has 2 rings (SSSR count). The van der Waals surface area contributed by atoms with E-state index in [4.69, 9.17) is 10.5 Å². The van der Waals surface area contributed by atoms with Gasteiger partial charge in [0.2, 0.25) is 0 Å². The molecule has 88 valence electrons. The Hall–Kier alpha value is -1.22. The number of benzene rings is 1. The number of rotatable bonds is 2. The predicted octanol–water partition coefficient (Wildman–Crippen LogP) is 2.52. The van der Waals surface area contributed by atoms with Crippen LogP contribution >= 0.6 is 0 Å².